The summed E-state index contributed by atoms with van der Waals surface area (Å²) in [7, 11) is 1.62. The van der Waals surface area contributed by atoms with Crippen LogP contribution in [0.15, 0.2) is 36.7 Å². The average Bonchev–Trinajstić information content (AvgIpc) is 2.39. The molecule has 0 saturated carbocycles. The first-order valence-electron chi connectivity index (χ1n) is 5.18. The lowest BCUT2D eigenvalue weighted by Gasteiger charge is -2.19. The fourth-order valence-corrected chi connectivity index (χ4v) is 1.79. The van der Waals surface area contributed by atoms with Gasteiger partial charge in [-0.2, -0.15) is 0 Å². The second-order valence-electron chi connectivity index (χ2n) is 3.44. The van der Waals surface area contributed by atoms with Crippen LogP contribution in [0.4, 0.5) is 0 Å². The van der Waals surface area contributed by atoms with E-state index < -0.39 is 0 Å². The second-order valence-corrected chi connectivity index (χ2v) is 3.68. The van der Waals surface area contributed by atoms with Crippen molar-refractivity contribution in [1.29, 1.82) is 0 Å². The normalized spacial score (nSPS) is 17.9. The van der Waals surface area contributed by atoms with Gasteiger partial charge in [0.15, 0.2) is 0 Å². The van der Waals surface area contributed by atoms with Crippen LogP contribution in [0.5, 0.6) is 5.88 Å². The van der Waals surface area contributed by atoms with E-state index in [4.69, 9.17) is 17.0 Å². The summed E-state index contributed by atoms with van der Waals surface area (Å²) >= 11 is 4.77. The molecular formula is C12H13N3OS. The van der Waals surface area contributed by atoms with E-state index in [1.54, 1.807) is 13.3 Å². The number of nitrogens with zero attached hydrogens (tertiary/aromatic N) is 1. The van der Waals surface area contributed by atoms with Crippen molar-refractivity contribution in [3.8, 4) is 5.88 Å². The van der Waals surface area contributed by atoms with Crippen molar-refractivity contribution in [2.24, 2.45) is 0 Å². The number of methoxy groups -OCH3 is 1. The van der Waals surface area contributed by atoms with Gasteiger partial charge in [-0.25, -0.2) is 4.98 Å². The number of thiocarbonyl (C=S) groups is 1. The van der Waals surface area contributed by atoms with Crippen molar-refractivity contribution < 1.29 is 4.74 Å². The van der Waals surface area contributed by atoms with Gasteiger partial charge in [0.05, 0.1) is 12.6 Å². The van der Waals surface area contributed by atoms with Crippen LogP contribution in [-0.4, -0.2) is 23.8 Å². The Bertz CT molecular complexity index is 469. The summed E-state index contributed by atoms with van der Waals surface area (Å²) in [6.45, 7) is 0. The highest BCUT2D eigenvalue weighted by Crippen LogP contribution is 2.25. The van der Waals surface area contributed by atoms with Gasteiger partial charge in [-0.15, -0.1) is 0 Å². The average molecular weight is 247 g/mol. The van der Waals surface area contributed by atoms with Gasteiger partial charge >= 0.3 is 0 Å². The Morgan fingerprint density at radius 3 is 3.24 bits per heavy atom. The largest absolute Gasteiger partial charge is 0.481 e. The van der Waals surface area contributed by atoms with Gasteiger partial charge in [-0.05, 0) is 36.1 Å². The van der Waals surface area contributed by atoms with E-state index in [1.165, 1.54) is 5.49 Å². The topological polar surface area (TPSA) is 46.2 Å². The number of aromatic nitrogens is 1. The molecule has 0 aliphatic carbocycles. The van der Waals surface area contributed by atoms with E-state index in [0.29, 0.717) is 5.88 Å². The highest BCUT2D eigenvalue weighted by atomic mass is 32.1. The van der Waals surface area contributed by atoms with Crippen LogP contribution < -0.4 is 15.4 Å². The molecule has 2 rings (SSSR count). The molecule has 0 saturated heterocycles. The molecule has 1 aliphatic heterocycles. The molecule has 0 aromatic carbocycles. The van der Waals surface area contributed by atoms with Gasteiger partial charge in [0.25, 0.3) is 0 Å². The molecule has 0 spiro atoms. The minimum atomic E-state index is -0.00240. The minimum Gasteiger partial charge on any atom is -0.481 e. The molecule has 1 atom stereocenters. The zero-order chi connectivity index (χ0) is 12.1. The predicted octanol–water partition coefficient (Wildman–Crippen LogP) is 1.46. The maximum Gasteiger partial charge on any atom is 0.221 e. The fourth-order valence-electron chi connectivity index (χ4n) is 1.65. The Morgan fingerprint density at radius 1 is 1.59 bits per heavy atom. The number of ether oxygens (including phenoxy) is 1. The molecule has 2 N–H and O–H groups in total. The molecule has 0 fully saturated rings. The Kier molecular flexibility index (Phi) is 3.72. The smallest absolute Gasteiger partial charge is 0.221 e. The van der Waals surface area contributed by atoms with Crippen LogP contribution in [0.3, 0.4) is 0 Å². The van der Waals surface area contributed by atoms with E-state index >= 15 is 0 Å². The van der Waals surface area contributed by atoms with Crippen LogP contribution in [0, 0.1) is 0 Å². The quantitative estimate of drug-likeness (QED) is 0.789. The summed E-state index contributed by atoms with van der Waals surface area (Å²) in [6, 6.07) is 3.86. The summed E-state index contributed by atoms with van der Waals surface area (Å²) in [6.07, 6.45) is 7.58. The summed E-state index contributed by atoms with van der Waals surface area (Å²) in [5.74, 6) is 0.617. The third-order valence-corrected chi connectivity index (χ3v) is 2.54. The number of nitrogens with one attached hydrogen (secondary N) is 2. The number of hydrogen-bond donors (Lipinski definition) is 2. The van der Waals surface area contributed by atoms with Crippen molar-refractivity contribution in [2.75, 3.05) is 7.11 Å². The molecule has 88 valence electrons. The van der Waals surface area contributed by atoms with Crippen molar-refractivity contribution in [3.05, 3.63) is 42.2 Å². The SMILES string of the molecule is COc1ncccc1C1=CC(NC=S)NC=C1. The van der Waals surface area contributed by atoms with Crippen LogP contribution in [-0.2, 0) is 0 Å². The van der Waals surface area contributed by atoms with Gasteiger partial charge in [-0.3, -0.25) is 0 Å². The van der Waals surface area contributed by atoms with Crippen LogP contribution >= 0.6 is 12.2 Å². The Morgan fingerprint density at radius 2 is 2.47 bits per heavy atom. The van der Waals surface area contributed by atoms with E-state index in [1.807, 2.05) is 30.5 Å². The van der Waals surface area contributed by atoms with E-state index in [2.05, 4.69) is 15.6 Å². The molecule has 5 heteroatoms. The molecule has 0 radical (unpaired) electrons. The molecule has 17 heavy (non-hydrogen) atoms. The predicted molar refractivity (Wildman–Crippen MR) is 71.6 cm³/mol. The van der Waals surface area contributed by atoms with Crippen LogP contribution in [0.1, 0.15) is 5.56 Å². The van der Waals surface area contributed by atoms with Gasteiger partial charge < -0.3 is 15.4 Å². The number of dihydropyridines is 1. The lowest BCUT2D eigenvalue weighted by Crippen LogP contribution is -2.37. The van der Waals surface area contributed by atoms with E-state index in [0.717, 1.165) is 11.1 Å². The summed E-state index contributed by atoms with van der Waals surface area (Å²) in [4.78, 5) is 4.18. The highest BCUT2D eigenvalue weighted by molar-refractivity contribution is 7.78. The minimum absolute atomic E-state index is 0.00240. The van der Waals surface area contributed by atoms with Crippen molar-refractivity contribution in [3.63, 3.8) is 0 Å². The molecule has 4 nitrogen and oxygen atoms in total. The maximum atomic E-state index is 5.24. The molecule has 0 amide bonds. The van der Waals surface area contributed by atoms with Crippen LogP contribution in [0.25, 0.3) is 5.57 Å². The number of allylic oxidation sites excluding steroid dienone is 2. The summed E-state index contributed by atoms with van der Waals surface area (Å²) < 4.78 is 5.24. The Hall–Kier alpha value is -1.88. The molecule has 1 aliphatic rings. The van der Waals surface area contributed by atoms with Gasteiger partial charge in [0, 0.05) is 11.8 Å². The lowest BCUT2D eigenvalue weighted by molar-refractivity contribution is 0.396. The third kappa shape index (κ3) is 2.62. The zero-order valence-corrected chi connectivity index (χ0v) is 10.2. The van der Waals surface area contributed by atoms with E-state index in [-0.39, 0.29) is 6.17 Å². The summed E-state index contributed by atoms with van der Waals surface area (Å²) in [5.41, 5.74) is 3.50. The Labute approximate surface area is 105 Å². The Balaban J connectivity index is 2.32. The van der Waals surface area contributed by atoms with Crippen molar-refractivity contribution >= 4 is 23.3 Å². The fraction of sp³-hybridized carbons (Fsp3) is 0.167. The number of hydrogen-bond acceptors (Lipinski definition) is 4. The van der Waals surface area contributed by atoms with Gasteiger partial charge in [0.1, 0.15) is 6.17 Å². The third-order valence-electron chi connectivity index (χ3n) is 2.41. The number of rotatable bonds is 4. The second kappa shape index (κ2) is 5.45. The van der Waals surface area contributed by atoms with Crippen molar-refractivity contribution in [2.45, 2.75) is 6.17 Å². The molecule has 1 aromatic heterocycles. The molecule has 1 aromatic rings. The van der Waals surface area contributed by atoms with E-state index in [9.17, 15) is 0 Å². The van der Waals surface area contributed by atoms with Crippen LogP contribution in [0.2, 0.25) is 0 Å². The standard InChI is InChI=1S/C12H13N3OS/c1-16-12-10(3-2-5-14-12)9-4-6-13-11(7-9)15-8-17/h2-8,11,13H,1H3,(H,15,17). The first-order valence-corrected chi connectivity index (χ1v) is 5.66. The first-order chi connectivity index (χ1) is 8.35. The summed E-state index contributed by atoms with van der Waals surface area (Å²) in [5, 5.41) is 6.14. The molecule has 0 bridgehead atoms. The zero-order valence-electron chi connectivity index (χ0n) is 9.38. The van der Waals surface area contributed by atoms with Gasteiger partial charge in [0.2, 0.25) is 5.88 Å². The number of pyridine rings is 1. The molecule has 2 heterocycles. The lowest BCUT2D eigenvalue weighted by atomic mass is 10.0. The van der Waals surface area contributed by atoms with Crippen molar-refractivity contribution in [1.82, 2.24) is 15.6 Å². The van der Waals surface area contributed by atoms with Gasteiger partial charge in [-0.1, -0.05) is 12.2 Å². The highest BCUT2D eigenvalue weighted by Gasteiger charge is 2.12. The molecule has 1 unspecified atom stereocenters. The molecular weight excluding hydrogens is 234 g/mol. The first kappa shape index (κ1) is 11.6. The monoisotopic (exact) mass is 247 g/mol. The maximum absolute atomic E-state index is 5.24.